The van der Waals surface area contributed by atoms with Gasteiger partial charge in [-0.3, -0.25) is 4.79 Å². The summed E-state index contributed by atoms with van der Waals surface area (Å²) in [6, 6.07) is 17.4. The van der Waals surface area contributed by atoms with Crippen LogP contribution in [0.2, 0.25) is 0 Å². The van der Waals surface area contributed by atoms with Crippen LogP contribution in [0.25, 0.3) is 0 Å². The molecule has 1 fully saturated rings. The van der Waals surface area contributed by atoms with Crippen molar-refractivity contribution in [1.82, 2.24) is 4.90 Å². The van der Waals surface area contributed by atoms with E-state index in [0.29, 0.717) is 12.3 Å². The van der Waals surface area contributed by atoms with E-state index < -0.39 is 0 Å². The van der Waals surface area contributed by atoms with Crippen molar-refractivity contribution in [2.45, 2.75) is 30.6 Å². The molecular weight excluding hydrogens is 370 g/mol. The number of anilines is 2. The fraction of sp³-hybridized carbons (Fsp3) is 0.364. The molecule has 148 valence electrons. The van der Waals surface area contributed by atoms with Crippen LogP contribution in [0.1, 0.15) is 25.7 Å². The van der Waals surface area contributed by atoms with E-state index in [-0.39, 0.29) is 11.9 Å². The maximum Gasteiger partial charge on any atom is 0.321 e. The molecule has 0 radical (unpaired) electrons. The van der Waals surface area contributed by atoms with Gasteiger partial charge in [0, 0.05) is 35.8 Å². The lowest BCUT2D eigenvalue weighted by Crippen LogP contribution is -2.41. The standard InChI is InChI=1S/C22H27N3O2S/c1-28-20-9-5-8-19(16-20)24-22(27)25-14-12-17(13-15-25)10-11-21(26)23-18-6-3-2-4-7-18/h2-9,16-17H,10-15H2,1H3,(H,23,26)(H,24,27). The average Bonchev–Trinajstić information content (AvgIpc) is 2.73. The average molecular weight is 398 g/mol. The fourth-order valence-electron chi connectivity index (χ4n) is 3.41. The van der Waals surface area contributed by atoms with Gasteiger partial charge in [0.15, 0.2) is 0 Å². The lowest BCUT2D eigenvalue weighted by Gasteiger charge is -2.32. The highest BCUT2D eigenvalue weighted by molar-refractivity contribution is 7.98. The second-order valence-electron chi connectivity index (χ2n) is 7.05. The Morgan fingerprint density at radius 1 is 1.00 bits per heavy atom. The first-order valence-electron chi connectivity index (χ1n) is 9.69. The molecule has 0 spiro atoms. The van der Waals surface area contributed by atoms with E-state index in [1.54, 1.807) is 11.8 Å². The van der Waals surface area contributed by atoms with E-state index in [0.717, 1.165) is 48.6 Å². The van der Waals surface area contributed by atoms with Gasteiger partial charge in [-0.15, -0.1) is 11.8 Å². The minimum atomic E-state index is -0.0430. The number of para-hydroxylation sites is 1. The van der Waals surface area contributed by atoms with Gasteiger partial charge in [-0.05, 0) is 61.8 Å². The van der Waals surface area contributed by atoms with Crippen molar-refractivity contribution in [3.8, 4) is 0 Å². The van der Waals surface area contributed by atoms with E-state index >= 15 is 0 Å². The predicted octanol–water partition coefficient (Wildman–Crippen LogP) is 5.07. The number of carbonyl (C=O) groups excluding carboxylic acids is 2. The van der Waals surface area contributed by atoms with Gasteiger partial charge >= 0.3 is 6.03 Å². The van der Waals surface area contributed by atoms with Crippen LogP contribution in [0.5, 0.6) is 0 Å². The number of hydrogen-bond acceptors (Lipinski definition) is 3. The second-order valence-corrected chi connectivity index (χ2v) is 7.93. The highest BCUT2D eigenvalue weighted by atomic mass is 32.2. The summed E-state index contributed by atoms with van der Waals surface area (Å²) in [6.45, 7) is 1.47. The number of urea groups is 1. The third kappa shape index (κ3) is 6.02. The molecule has 1 saturated heterocycles. The summed E-state index contributed by atoms with van der Waals surface area (Å²) in [4.78, 5) is 27.6. The molecule has 1 aliphatic rings. The summed E-state index contributed by atoms with van der Waals surface area (Å²) in [5.41, 5.74) is 1.67. The Bertz CT molecular complexity index is 789. The van der Waals surface area contributed by atoms with Crippen LogP contribution in [0, 0.1) is 5.92 Å². The maximum atomic E-state index is 12.5. The number of carbonyl (C=O) groups is 2. The third-order valence-corrected chi connectivity index (χ3v) is 5.79. The Hall–Kier alpha value is -2.47. The Morgan fingerprint density at radius 2 is 1.71 bits per heavy atom. The Balaban J connectivity index is 1.39. The molecule has 0 saturated carbocycles. The van der Waals surface area contributed by atoms with Gasteiger partial charge in [-0.25, -0.2) is 4.79 Å². The fourth-order valence-corrected chi connectivity index (χ4v) is 3.87. The molecule has 3 amide bonds. The first-order valence-corrected chi connectivity index (χ1v) is 10.9. The Morgan fingerprint density at radius 3 is 2.43 bits per heavy atom. The SMILES string of the molecule is CSc1cccc(NC(=O)N2CCC(CCC(=O)Nc3ccccc3)CC2)c1. The molecule has 2 aromatic rings. The first-order chi connectivity index (χ1) is 13.6. The maximum absolute atomic E-state index is 12.5. The molecule has 0 aromatic heterocycles. The Kier molecular flexibility index (Phi) is 7.37. The molecule has 3 rings (SSSR count). The molecule has 0 bridgehead atoms. The van der Waals surface area contributed by atoms with E-state index in [9.17, 15) is 9.59 Å². The Labute approximate surface area is 170 Å². The first kappa shape index (κ1) is 20.3. The predicted molar refractivity (Wildman–Crippen MR) is 116 cm³/mol. The second kappa shape index (κ2) is 10.2. The van der Waals surface area contributed by atoms with Gasteiger partial charge in [0.25, 0.3) is 0 Å². The summed E-state index contributed by atoms with van der Waals surface area (Å²) in [5, 5.41) is 5.92. The van der Waals surface area contributed by atoms with Crippen molar-refractivity contribution in [3.05, 3.63) is 54.6 Å². The summed E-state index contributed by atoms with van der Waals surface area (Å²) in [7, 11) is 0. The zero-order valence-electron chi connectivity index (χ0n) is 16.2. The molecule has 2 N–H and O–H groups in total. The van der Waals surface area contributed by atoms with Crippen molar-refractivity contribution in [1.29, 1.82) is 0 Å². The highest BCUT2D eigenvalue weighted by Gasteiger charge is 2.23. The van der Waals surface area contributed by atoms with Crippen LogP contribution in [0.15, 0.2) is 59.5 Å². The monoisotopic (exact) mass is 397 g/mol. The smallest absolute Gasteiger partial charge is 0.321 e. The van der Waals surface area contributed by atoms with Crippen LogP contribution in [0.3, 0.4) is 0 Å². The summed E-state index contributed by atoms with van der Waals surface area (Å²) >= 11 is 1.66. The molecular formula is C22H27N3O2S. The van der Waals surface area contributed by atoms with Crippen LogP contribution in [0.4, 0.5) is 16.2 Å². The van der Waals surface area contributed by atoms with Gasteiger partial charge in [-0.2, -0.15) is 0 Å². The van der Waals surface area contributed by atoms with Crippen molar-refractivity contribution < 1.29 is 9.59 Å². The van der Waals surface area contributed by atoms with Crippen molar-refractivity contribution >= 4 is 35.1 Å². The van der Waals surface area contributed by atoms with Gasteiger partial charge in [-0.1, -0.05) is 24.3 Å². The number of nitrogens with one attached hydrogen (secondary N) is 2. The molecule has 2 aromatic carbocycles. The van der Waals surface area contributed by atoms with Crippen LogP contribution in [-0.4, -0.2) is 36.2 Å². The van der Waals surface area contributed by atoms with E-state index in [1.807, 2.05) is 65.8 Å². The van der Waals surface area contributed by atoms with Gasteiger partial charge in [0.05, 0.1) is 0 Å². The number of thioether (sulfide) groups is 1. The lowest BCUT2D eigenvalue weighted by molar-refractivity contribution is -0.116. The molecule has 28 heavy (non-hydrogen) atoms. The largest absolute Gasteiger partial charge is 0.326 e. The zero-order chi connectivity index (χ0) is 19.8. The number of likely N-dealkylation sites (tertiary alicyclic amines) is 1. The number of piperidine rings is 1. The van der Waals surface area contributed by atoms with E-state index in [2.05, 4.69) is 10.6 Å². The number of hydrogen-bond donors (Lipinski definition) is 2. The van der Waals surface area contributed by atoms with E-state index in [1.165, 1.54) is 0 Å². The number of amides is 3. The summed E-state index contributed by atoms with van der Waals surface area (Å²) in [6.07, 6.45) is 5.29. The van der Waals surface area contributed by atoms with Crippen LogP contribution in [-0.2, 0) is 4.79 Å². The molecule has 0 unspecified atom stereocenters. The van der Waals surface area contributed by atoms with E-state index in [4.69, 9.17) is 0 Å². The van der Waals surface area contributed by atoms with Crippen molar-refractivity contribution in [2.75, 3.05) is 30.0 Å². The molecule has 5 nitrogen and oxygen atoms in total. The van der Waals surface area contributed by atoms with Crippen LogP contribution < -0.4 is 10.6 Å². The van der Waals surface area contributed by atoms with Crippen molar-refractivity contribution in [2.24, 2.45) is 5.92 Å². The van der Waals surface area contributed by atoms with Gasteiger partial charge in [0.2, 0.25) is 5.91 Å². The molecule has 0 aliphatic carbocycles. The lowest BCUT2D eigenvalue weighted by atomic mass is 9.92. The topological polar surface area (TPSA) is 61.4 Å². The highest BCUT2D eigenvalue weighted by Crippen LogP contribution is 2.24. The van der Waals surface area contributed by atoms with Gasteiger partial charge in [0.1, 0.15) is 0 Å². The minimum absolute atomic E-state index is 0.0430. The number of benzene rings is 2. The molecule has 0 atom stereocenters. The summed E-state index contributed by atoms with van der Waals surface area (Å²) in [5.74, 6) is 0.547. The molecule has 1 aliphatic heterocycles. The van der Waals surface area contributed by atoms with Crippen molar-refractivity contribution in [3.63, 3.8) is 0 Å². The minimum Gasteiger partial charge on any atom is -0.326 e. The molecule has 1 heterocycles. The van der Waals surface area contributed by atoms with Crippen LogP contribution >= 0.6 is 11.8 Å². The zero-order valence-corrected chi connectivity index (χ0v) is 17.0. The molecule has 6 heteroatoms. The number of rotatable bonds is 6. The number of nitrogens with zero attached hydrogens (tertiary/aromatic N) is 1. The quantitative estimate of drug-likeness (QED) is 0.669. The normalized spacial score (nSPS) is 14.5. The van der Waals surface area contributed by atoms with Gasteiger partial charge < -0.3 is 15.5 Å². The summed E-state index contributed by atoms with van der Waals surface area (Å²) < 4.78 is 0. The third-order valence-electron chi connectivity index (χ3n) is 5.06.